The van der Waals surface area contributed by atoms with Crippen molar-refractivity contribution in [3.05, 3.63) is 18.3 Å². The summed E-state index contributed by atoms with van der Waals surface area (Å²) in [5.74, 6) is 0.663. The minimum Gasteiger partial charge on any atom is -0.384 e. The first-order valence-corrected chi connectivity index (χ1v) is 5.86. The molecule has 1 saturated heterocycles. The third-order valence-electron chi connectivity index (χ3n) is 3.14. The maximum Gasteiger partial charge on any atom is 0.227 e. The standard InChI is InChI=1S/C12H18N4O/c1-16-6-4-9(5-7-16)12(17)15-10-2-3-11(13)14-8-10/h2-3,8-9H,4-7H2,1H3,(H2,13,14)(H,15,17). The molecule has 0 atom stereocenters. The van der Waals surface area contributed by atoms with Gasteiger partial charge in [0.15, 0.2) is 0 Å². The first-order valence-electron chi connectivity index (χ1n) is 5.86. The maximum atomic E-state index is 12.0. The molecular weight excluding hydrogens is 216 g/mol. The molecule has 2 heterocycles. The van der Waals surface area contributed by atoms with Gasteiger partial charge in [-0.2, -0.15) is 0 Å². The summed E-state index contributed by atoms with van der Waals surface area (Å²) in [5, 5.41) is 2.88. The number of likely N-dealkylation sites (tertiary alicyclic amines) is 1. The van der Waals surface area contributed by atoms with E-state index in [4.69, 9.17) is 5.73 Å². The molecule has 0 bridgehead atoms. The zero-order chi connectivity index (χ0) is 12.3. The molecule has 0 spiro atoms. The molecule has 1 fully saturated rings. The van der Waals surface area contributed by atoms with Gasteiger partial charge in [-0.15, -0.1) is 0 Å². The molecule has 17 heavy (non-hydrogen) atoms. The molecule has 0 saturated carbocycles. The van der Waals surface area contributed by atoms with Gasteiger partial charge in [-0.05, 0) is 45.1 Å². The summed E-state index contributed by atoms with van der Waals surface area (Å²) in [6.07, 6.45) is 3.43. The van der Waals surface area contributed by atoms with E-state index in [0.29, 0.717) is 11.5 Å². The van der Waals surface area contributed by atoms with E-state index in [1.54, 1.807) is 18.3 Å². The number of aromatic nitrogens is 1. The number of anilines is 2. The summed E-state index contributed by atoms with van der Waals surface area (Å²) in [5.41, 5.74) is 6.20. The van der Waals surface area contributed by atoms with Crippen LogP contribution < -0.4 is 11.1 Å². The van der Waals surface area contributed by atoms with Crippen LogP contribution in [0, 0.1) is 5.92 Å². The summed E-state index contributed by atoms with van der Waals surface area (Å²) < 4.78 is 0. The molecule has 0 unspecified atom stereocenters. The molecule has 3 N–H and O–H groups in total. The van der Waals surface area contributed by atoms with Crippen LogP contribution >= 0.6 is 0 Å². The molecule has 1 amide bonds. The van der Waals surface area contributed by atoms with E-state index in [1.807, 2.05) is 0 Å². The second-order valence-corrected chi connectivity index (χ2v) is 4.54. The number of nitrogens with two attached hydrogens (primary N) is 1. The third-order valence-corrected chi connectivity index (χ3v) is 3.14. The average Bonchev–Trinajstić information content (AvgIpc) is 2.33. The Morgan fingerprint density at radius 1 is 1.47 bits per heavy atom. The quantitative estimate of drug-likeness (QED) is 0.799. The van der Waals surface area contributed by atoms with Crippen LogP contribution in [0.25, 0.3) is 0 Å². The van der Waals surface area contributed by atoms with Crippen LogP contribution in [0.1, 0.15) is 12.8 Å². The van der Waals surface area contributed by atoms with Crippen LogP contribution in [0.2, 0.25) is 0 Å². The van der Waals surface area contributed by atoms with Crippen molar-refractivity contribution >= 4 is 17.4 Å². The monoisotopic (exact) mass is 234 g/mol. The van der Waals surface area contributed by atoms with Crippen LogP contribution in [0.3, 0.4) is 0 Å². The van der Waals surface area contributed by atoms with Gasteiger partial charge in [0.1, 0.15) is 5.82 Å². The lowest BCUT2D eigenvalue weighted by Gasteiger charge is -2.27. The number of piperidine rings is 1. The van der Waals surface area contributed by atoms with Gasteiger partial charge in [0, 0.05) is 5.92 Å². The van der Waals surface area contributed by atoms with Crippen molar-refractivity contribution in [1.82, 2.24) is 9.88 Å². The Kier molecular flexibility index (Phi) is 3.58. The first kappa shape index (κ1) is 11.9. The topological polar surface area (TPSA) is 71.2 Å². The number of nitrogen functional groups attached to an aromatic ring is 1. The van der Waals surface area contributed by atoms with Crippen molar-refractivity contribution in [2.45, 2.75) is 12.8 Å². The lowest BCUT2D eigenvalue weighted by molar-refractivity contribution is -0.121. The molecule has 0 aliphatic carbocycles. The Hall–Kier alpha value is -1.62. The normalized spacial score (nSPS) is 17.9. The molecule has 2 rings (SSSR count). The fraction of sp³-hybridized carbons (Fsp3) is 0.500. The highest BCUT2D eigenvalue weighted by Gasteiger charge is 2.23. The average molecular weight is 234 g/mol. The van der Waals surface area contributed by atoms with E-state index in [0.717, 1.165) is 25.9 Å². The van der Waals surface area contributed by atoms with Crippen LogP contribution in [0.5, 0.6) is 0 Å². The van der Waals surface area contributed by atoms with Gasteiger partial charge in [-0.25, -0.2) is 4.98 Å². The van der Waals surface area contributed by atoms with E-state index >= 15 is 0 Å². The second-order valence-electron chi connectivity index (χ2n) is 4.54. The van der Waals surface area contributed by atoms with Crippen molar-refractivity contribution in [2.24, 2.45) is 5.92 Å². The van der Waals surface area contributed by atoms with Crippen molar-refractivity contribution in [3.63, 3.8) is 0 Å². The molecule has 5 heteroatoms. The predicted octanol–water partition coefficient (Wildman–Crippen LogP) is 0.944. The van der Waals surface area contributed by atoms with E-state index in [9.17, 15) is 4.79 Å². The SMILES string of the molecule is CN1CCC(C(=O)Nc2ccc(N)nc2)CC1. The molecule has 0 radical (unpaired) electrons. The highest BCUT2D eigenvalue weighted by atomic mass is 16.1. The zero-order valence-electron chi connectivity index (χ0n) is 10.0. The van der Waals surface area contributed by atoms with Crippen LogP contribution in [-0.4, -0.2) is 35.9 Å². The predicted molar refractivity (Wildman–Crippen MR) is 67.5 cm³/mol. The van der Waals surface area contributed by atoms with Crippen molar-refractivity contribution in [2.75, 3.05) is 31.2 Å². The van der Waals surface area contributed by atoms with E-state index in [-0.39, 0.29) is 11.8 Å². The van der Waals surface area contributed by atoms with Crippen LogP contribution in [-0.2, 0) is 4.79 Å². The second kappa shape index (κ2) is 5.14. The van der Waals surface area contributed by atoms with Gasteiger partial charge in [-0.1, -0.05) is 0 Å². The van der Waals surface area contributed by atoms with Crippen LogP contribution in [0.15, 0.2) is 18.3 Å². The Morgan fingerprint density at radius 2 is 2.18 bits per heavy atom. The summed E-state index contributed by atoms with van der Waals surface area (Å²) in [6, 6.07) is 3.46. The van der Waals surface area contributed by atoms with Gasteiger partial charge in [0.25, 0.3) is 0 Å². The summed E-state index contributed by atoms with van der Waals surface area (Å²) >= 11 is 0. The molecular formula is C12H18N4O. The minimum absolute atomic E-state index is 0.0877. The molecule has 92 valence electrons. The van der Waals surface area contributed by atoms with Crippen molar-refractivity contribution in [1.29, 1.82) is 0 Å². The first-order chi connectivity index (χ1) is 8.15. The van der Waals surface area contributed by atoms with Crippen molar-refractivity contribution < 1.29 is 4.79 Å². The lowest BCUT2D eigenvalue weighted by Crippen LogP contribution is -2.35. The summed E-state index contributed by atoms with van der Waals surface area (Å²) in [6.45, 7) is 1.97. The van der Waals surface area contributed by atoms with Crippen molar-refractivity contribution in [3.8, 4) is 0 Å². The zero-order valence-corrected chi connectivity index (χ0v) is 10.0. The Balaban J connectivity index is 1.90. The number of amides is 1. The fourth-order valence-corrected chi connectivity index (χ4v) is 1.99. The lowest BCUT2D eigenvalue weighted by atomic mass is 9.96. The van der Waals surface area contributed by atoms with E-state index in [2.05, 4.69) is 22.2 Å². The van der Waals surface area contributed by atoms with Crippen LogP contribution in [0.4, 0.5) is 11.5 Å². The van der Waals surface area contributed by atoms with E-state index in [1.165, 1.54) is 0 Å². The summed E-state index contributed by atoms with van der Waals surface area (Å²) in [4.78, 5) is 18.2. The molecule has 1 aromatic rings. The smallest absolute Gasteiger partial charge is 0.227 e. The Labute approximate surface area is 101 Å². The highest BCUT2D eigenvalue weighted by Crippen LogP contribution is 2.18. The molecule has 1 aliphatic heterocycles. The van der Waals surface area contributed by atoms with Gasteiger partial charge in [0.05, 0.1) is 11.9 Å². The number of nitrogens with one attached hydrogen (secondary N) is 1. The number of hydrogen-bond acceptors (Lipinski definition) is 4. The number of rotatable bonds is 2. The summed E-state index contributed by atoms with van der Waals surface area (Å²) in [7, 11) is 2.08. The van der Waals surface area contributed by atoms with Gasteiger partial charge in [0.2, 0.25) is 5.91 Å². The number of carbonyl (C=O) groups excluding carboxylic acids is 1. The number of hydrogen-bond donors (Lipinski definition) is 2. The van der Waals surface area contributed by atoms with Gasteiger partial charge >= 0.3 is 0 Å². The number of nitrogens with zero attached hydrogens (tertiary/aromatic N) is 2. The molecule has 0 aromatic carbocycles. The van der Waals surface area contributed by atoms with Gasteiger partial charge in [-0.3, -0.25) is 4.79 Å². The highest BCUT2D eigenvalue weighted by molar-refractivity contribution is 5.92. The fourth-order valence-electron chi connectivity index (χ4n) is 1.99. The molecule has 1 aliphatic rings. The number of carbonyl (C=O) groups is 1. The largest absolute Gasteiger partial charge is 0.384 e. The maximum absolute atomic E-state index is 12.0. The molecule has 5 nitrogen and oxygen atoms in total. The Bertz CT molecular complexity index is 382. The minimum atomic E-state index is 0.0877. The number of pyridine rings is 1. The Morgan fingerprint density at radius 3 is 2.76 bits per heavy atom. The third kappa shape index (κ3) is 3.17. The molecule has 1 aromatic heterocycles. The van der Waals surface area contributed by atoms with Gasteiger partial charge < -0.3 is 16.0 Å². The van der Waals surface area contributed by atoms with E-state index < -0.39 is 0 Å².